The van der Waals surface area contributed by atoms with Crippen LogP contribution in [-0.2, 0) is 9.53 Å². The highest BCUT2D eigenvalue weighted by atomic mass is 16.5. The zero-order valence-corrected chi connectivity index (χ0v) is 12.1. The van der Waals surface area contributed by atoms with Crippen molar-refractivity contribution in [2.45, 2.75) is 6.42 Å². The average Bonchev–Trinajstić information content (AvgIpc) is 2.95. The summed E-state index contributed by atoms with van der Waals surface area (Å²) in [5.74, 6) is -0.619. The molecule has 1 aliphatic heterocycles. The van der Waals surface area contributed by atoms with Gasteiger partial charge in [-0.1, -0.05) is 36.4 Å². The van der Waals surface area contributed by atoms with Crippen molar-refractivity contribution < 1.29 is 14.3 Å². The number of benzene rings is 2. The van der Waals surface area contributed by atoms with E-state index in [1.54, 1.807) is 29.2 Å². The highest BCUT2D eigenvalue weighted by Gasteiger charge is 2.33. The molecular formula is C18H17NO3. The lowest BCUT2D eigenvalue weighted by molar-refractivity contribution is -0.121. The quantitative estimate of drug-likeness (QED) is 0.815. The van der Waals surface area contributed by atoms with Crippen molar-refractivity contribution in [1.29, 1.82) is 0 Å². The first-order chi connectivity index (χ1) is 10.8. The minimum absolute atomic E-state index is 0.0204. The third kappa shape index (κ3) is 3.01. The molecular weight excluding hydrogens is 278 g/mol. The van der Waals surface area contributed by atoms with E-state index < -0.39 is 0 Å². The normalized spacial score (nSPS) is 17.5. The summed E-state index contributed by atoms with van der Waals surface area (Å²) in [6.07, 6.45) is 0.704. The van der Waals surface area contributed by atoms with Crippen molar-refractivity contribution in [2.75, 3.05) is 18.1 Å². The highest BCUT2D eigenvalue weighted by molar-refractivity contribution is 5.97. The number of carbonyl (C=O) groups is 2. The molecule has 4 nitrogen and oxygen atoms in total. The molecule has 1 aliphatic rings. The van der Waals surface area contributed by atoms with Gasteiger partial charge in [0.15, 0.2) is 0 Å². The van der Waals surface area contributed by atoms with Crippen LogP contribution in [0.3, 0.4) is 0 Å². The molecule has 4 heteroatoms. The third-order valence-corrected chi connectivity index (χ3v) is 3.81. The molecule has 2 aromatic carbocycles. The fourth-order valence-corrected chi connectivity index (χ4v) is 2.59. The number of rotatable bonds is 4. The van der Waals surface area contributed by atoms with E-state index in [2.05, 4.69) is 0 Å². The largest absolute Gasteiger partial charge is 0.461 e. The maximum absolute atomic E-state index is 12.4. The Hall–Kier alpha value is -2.62. The van der Waals surface area contributed by atoms with Crippen molar-refractivity contribution >= 4 is 17.6 Å². The lowest BCUT2D eigenvalue weighted by Crippen LogP contribution is -2.29. The van der Waals surface area contributed by atoms with Gasteiger partial charge in [0.25, 0.3) is 0 Å². The maximum atomic E-state index is 12.4. The molecule has 0 saturated carbocycles. The first-order valence-electron chi connectivity index (χ1n) is 7.34. The number of anilines is 1. The summed E-state index contributed by atoms with van der Waals surface area (Å²) in [6, 6.07) is 18.4. The molecule has 2 aromatic rings. The van der Waals surface area contributed by atoms with Gasteiger partial charge in [0.1, 0.15) is 6.61 Å². The molecule has 1 saturated heterocycles. The SMILES string of the molecule is O=C(OCC1CCN(c2ccccc2)C1=O)c1ccccc1. The standard InChI is InChI=1S/C18H17NO3/c20-17-15(11-12-19(17)16-9-5-2-6-10-16)13-22-18(21)14-7-3-1-4-8-14/h1-10,15H,11-13H2. The average molecular weight is 295 g/mol. The minimum atomic E-state index is -0.383. The van der Waals surface area contributed by atoms with Gasteiger partial charge in [-0.15, -0.1) is 0 Å². The Kier molecular flexibility index (Phi) is 4.19. The smallest absolute Gasteiger partial charge is 0.338 e. The van der Waals surface area contributed by atoms with E-state index in [4.69, 9.17) is 4.74 Å². The summed E-state index contributed by atoms with van der Waals surface area (Å²) in [5, 5.41) is 0. The summed E-state index contributed by atoms with van der Waals surface area (Å²) >= 11 is 0. The Morgan fingerprint density at radius 3 is 2.36 bits per heavy atom. The van der Waals surface area contributed by atoms with Gasteiger partial charge in [0.2, 0.25) is 5.91 Å². The Bertz CT molecular complexity index is 655. The van der Waals surface area contributed by atoms with Crippen LogP contribution >= 0.6 is 0 Å². The third-order valence-electron chi connectivity index (χ3n) is 3.81. The Balaban J connectivity index is 1.59. The summed E-state index contributed by atoms with van der Waals surface area (Å²) in [5.41, 5.74) is 1.40. The Morgan fingerprint density at radius 2 is 1.68 bits per heavy atom. The maximum Gasteiger partial charge on any atom is 0.338 e. The zero-order valence-electron chi connectivity index (χ0n) is 12.1. The van der Waals surface area contributed by atoms with Gasteiger partial charge in [0, 0.05) is 12.2 Å². The molecule has 0 N–H and O–H groups in total. The first kappa shape index (κ1) is 14.3. The van der Waals surface area contributed by atoms with Crippen LogP contribution in [-0.4, -0.2) is 25.0 Å². The fraction of sp³-hybridized carbons (Fsp3) is 0.222. The van der Waals surface area contributed by atoms with Gasteiger partial charge in [0.05, 0.1) is 11.5 Å². The number of hydrogen-bond donors (Lipinski definition) is 0. The number of esters is 1. The molecule has 1 heterocycles. The van der Waals surface area contributed by atoms with Crippen LogP contribution in [0, 0.1) is 5.92 Å². The van der Waals surface area contributed by atoms with Crippen molar-refractivity contribution in [2.24, 2.45) is 5.92 Å². The summed E-state index contributed by atoms with van der Waals surface area (Å²) in [6.45, 7) is 0.798. The fourth-order valence-electron chi connectivity index (χ4n) is 2.59. The van der Waals surface area contributed by atoms with Crippen LogP contribution in [0.2, 0.25) is 0 Å². The van der Waals surface area contributed by atoms with Crippen molar-refractivity contribution in [1.82, 2.24) is 0 Å². The van der Waals surface area contributed by atoms with Gasteiger partial charge in [-0.05, 0) is 30.7 Å². The number of hydrogen-bond acceptors (Lipinski definition) is 3. The lowest BCUT2D eigenvalue weighted by atomic mass is 10.1. The van der Waals surface area contributed by atoms with Crippen LogP contribution in [0.4, 0.5) is 5.69 Å². The summed E-state index contributed by atoms with van der Waals surface area (Å²) in [7, 11) is 0. The molecule has 3 rings (SSSR count). The first-order valence-corrected chi connectivity index (χ1v) is 7.34. The van der Waals surface area contributed by atoms with Crippen LogP contribution in [0.1, 0.15) is 16.8 Å². The topological polar surface area (TPSA) is 46.6 Å². The van der Waals surface area contributed by atoms with Crippen LogP contribution in [0.15, 0.2) is 60.7 Å². The van der Waals surface area contributed by atoms with Gasteiger partial charge >= 0.3 is 5.97 Å². The molecule has 22 heavy (non-hydrogen) atoms. The molecule has 0 spiro atoms. The molecule has 0 aliphatic carbocycles. The van der Waals surface area contributed by atoms with Crippen LogP contribution in [0.5, 0.6) is 0 Å². The monoisotopic (exact) mass is 295 g/mol. The molecule has 1 amide bonds. The zero-order chi connectivity index (χ0) is 15.4. The number of nitrogens with zero attached hydrogens (tertiary/aromatic N) is 1. The number of amides is 1. The van der Waals surface area contributed by atoms with Crippen molar-refractivity contribution in [3.63, 3.8) is 0 Å². The second kappa shape index (κ2) is 6.43. The molecule has 0 aromatic heterocycles. The molecule has 0 radical (unpaired) electrons. The number of ether oxygens (including phenoxy) is 1. The Labute approximate surface area is 129 Å². The molecule has 1 atom stereocenters. The van der Waals surface area contributed by atoms with Crippen LogP contribution in [0.25, 0.3) is 0 Å². The predicted octanol–water partition coefficient (Wildman–Crippen LogP) is 2.90. The molecule has 0 bridgehead atoms. The second-order valence-corrected chi connectivity index (χ2v) is 5.28. The predicted molar refractivity (Wildman–Crippen MR) is 83.6 cm³/mol. The Morgan fingerprint density at radius 1 is 1.05 bits per heavy atom. The van der Waals surface area contributed by atoms with E-state index in [-0.39, 0.29) is 24.4 Å². The van der Waals surface area contributed by atoms with E-state index in [9.17, 15) is 9.59 Å². The lowest BCUT2D eigenvalue weighted by Gasteiger charge is -2.16. The van der Waals surface area contributed by atoms with E-state index in [0.717, 1.165) is 5.69 Å². The minimum Gasteiger partial charge on any atom is -0.461 e. The summed E-state index contributed by atoms with van der Waals surface area (Å²) in [4.78, 5) is 26.1. The van der Waals surface area contributed by atoms with Crippen molar-refractivity contribution in [3.05, 3.63) is 66.2 Å². The van der Waals surface area contributed by atoms with Gasteiger partial charge in [-0.3, -0.25) is 4.79 Å². The van der Waals surface area contributed by atoms with Gasteiger partial charge < -0.3 is 9.64 Å². The van der Waals surface area contributed by atoms with Crippen molar-refractivity contribution in [3.8, 4) is 0 Å². The molecule has 112 valence electrons. The highest BCUT2D eigenvalue weighted by Crippen LogP contribution is 2.25. The molecule has 1 fully saturated rings. The van der Waals surface area contributed by atoms with E-state index in [1.165, 1.54) is 0 Å². The van der Waals surface area contributed by atoms with Crippen LogP contribution < -0.4 is 4.90 Å². The second-order valence-electron chi connectivity index (χ2n) is 5.28. The summed E-state index contributed by atoms with van der Waals surface area (Å²) < 4.78 is 5.28. The van der Waals surface area contributed by atoms with Gasteiger partial charge in [-0.2, -0.15) is 0 Å². The molecule has 1 unspecified atom stereocenters. The number of para-hydroxylation sites is 1. The van der Waals surface area contributed by atoms with E-state index in [0.29, 0.717) is 18.5 Å². The van der Waals surface area contributed by atoms with Gasteiger partial charge in [-0.25, -0.2) is 4.79 Å². The number of carbonyl (C=O) groups excluding carboxylic acids is 2. The van der Waals surface area contributed by atoms with E-state index >= 15 is 0 Å². The van der Waals surface area contributed by atoms with E-state index in [1.807, 2.05) is 36.4 Å².